The summed E-state index contributed by atoms with van der Waals surface area (Å²) in [6, 6.07) is 7.80. The molecule has 100 valence electrons. The molecule has 0 radical (unpaired) electrons. The summed E-state index contributed by atoms with van der Waals surface area (Å²) in [5, 5.41) is 14.5. The first-order valence-corrected chi connectivity index (χ1v) is 7.96. The molecule has 0 aliphatic carbocycles. The molecule has 2 N–H and O–H groups in total. The van der Waals surface area contributed by atoms with E-state index in [0.717, 1.165) is 14.5 Å². The number of carbonyl (C=O) groups is 1. The Bertz CT molecular complexity index is 575. The fourth-order valence-electron chi connectivity index (χ4n) is 1.21. The summed E-state index contributed by atoms with van der Waals surface area (Å²) in [4.78, 5) is 11.1. The second-order valence-electron chi connectivity index (χ2n) is 3.47. The van der Waals surface area contributed by atoms with Gasteiger partial charge in [-0.05, 0) is 18.2 Å². The number of aromatic nitrogens is 2. The van der Waals surface area contributed by atoms with Crippen LogP contribution in [0.5, 0.6) is 0 Å². The van der Waals surface area contributed by atoms with E-state index >= 15 is 0 Å². The van der Waals surface area contributed by atoms with Gasteiger partial charge >= 0.3 is 0 Å². The molecule has 0 bridgehead atoms. The Morgan fingerprint density at radius 3 is 3.05 bits per heavy atom. The maximum atomic E-state index is 11.1. The van der Waals surface area contributed by atoms with E-state index in [2.05, 4.69) is 36.8 Å². The van der Waals surface area contributed by atoms with Crippen molar-refractivity contribution >= 4 is 55.8 Å². The molecule has 2 aromatic rings. The summed E-state index contributed by atoms with van der Waals surface area (Å²) >= 11 is 6.20. The zero-order valence-corrected chi connectivity index (χ0v) is 13.2. The van der Waals surface area contributed by atoms with E-state index in [9.17, 15) is 4.79 Å². The predicted octanol–water partition coefficient (Wildman–Crippen LogP) is 2.88. The summed E-state index contributed by atoms with van der Waals surface area (Å²) in [5.74, 6) is 0.323. The fraction of sp³-hybridized carbons (Fsp3) is 0.182. The molecule has 19 heavy (non-hydrogen) atoms. The Labute approximate surface area is 127 Å². The number of benzene rings is 1. The largest absolute Gasteiger partial charge is 0.358 e. The third kappa shape index (κ3) is 4.48. The smallest absolute Gasteiger partial charge is 0.230 e. The lowest BCUT2D eigenvalue weighted by Crippen LogP contribution is -2.19. The van der Waals surface area contributed by atoms with Crippen LogP contribution in [-0.4, -0.2) is 28.9 Å². The summed E-state index contributed by atoms with van der Waals surface area (Å²) < 4.78 is 1.76. The van der Waals surface area contributed by atoms with Gasteiger partial charge in [0.1, 0.15) is 0 Å². The van der Waals surface area contributed by atoms with Gasteiger partial charge in [0.05, 0.1) is 5.75 Å². The van der Waals surface area contributed by atoms with Gasteiger partial charge in [-0.25, -0.2) is 0 Å². The molecule has 0 saturated heterocycles. The highest BCUT2D eigenvalue weighted by Gasteiger charge is 2.07. The first-order valence-electron chi connectivity index (χ1n) is 5.37. The van der Waals surface area contributed by atoms with Crippen molar-refractivity contribution in [3.63, 3.8) is 0 Å². The van der Waals surface area contributed by atoms with Crippen LogP contribution in [0.3, 0.4) is 0 Å². The van der Waals surface area contributed by atoms with Crippen LogP contribution < -0.4 is 10.6 Å². The molecular formula is C11H11BrN4OS2. The molecule has 0 aliphatic rings. The minimum Gasteiger partial charge on any atom is -0.358 e. The van der Waals surface area contributed by atoms with Gasteiger partial charge < -0.3 is 10.6 Å². The summed E-state index contributed by atoms with van der Waals surface area (Å²) in [6.45, 7) is 0. The van der Waals surface area contributed by atoms with Gasteiger partial charge in [-0.3, -0.25) is 4.79 Å². The molecular weight excluding hydrogens is 348 g/mol. The molecule has 1 aromatic heterocycles. The second kappa shape index (κ2) is 6.88. The lowest BCUT2D eigenvalue weighted by molar-refractivity contribution is -0.118. The van der Waals surface area contributed by atoms with Crippen LogP contribution in [0.15, 0.2) is 33.1 Å². The van der Waals surface area contributed by atoms with Crippen molar-refractivity contribution in [1.29, 1.82) is 0 Å². The van der Waals surface area contributed by atoms with Crippen molar-refractivity contribution in [3.8, 4) is 0 Å². The van der Waals surface area contributed by atoms with Crippen LogP contribution in [0.4, 0.5) is 10.8 Å². The maximum absolute atomic E-state index is 11.1. The molecule has 1 heterocycles. The van der Waals surface area contributed by atoms with E-state index in [1.165, 1.54) is 23.1 Å². The minimum absolute atomic E-state index is 0.0262. The molecule has 0 unspecified atom stereocenters. The van der Waals surface area contributed by atoms with Crippen molar-refractivity contribution in [2.75, 3.05) is 18.1 Å². The topological polar surface area (TPSA) is 66.9 Å². The first kappa shape index (κ1) is 14.3. The highest BCUT2D eigenvalue weighted by molar-refractivity contribution is 9.10. The third-order valence-electron chi connectivity index (χ3n) is 2.09. The number of nitrogens with one attached hydrogen (secondary N) is 2. The Kier molecular flexibility index (Phi) is 5.17. The molecule has 8 heteroatoms. The van der Waals surface area contributed by atoms with E-state index < -0.39 is 0 Å². The molecule has 0 atom stereocenters. The van der Waals surface area contributed by atoms with Crippen LogP contribution >= 0.6 is 39.0 Å². The average Bonchev–Trinajstić information content (AvgIpc) is 2.83. The fourth-order valence-corrected chi connectivity index (χ4v) is 3.25. The minimum atomic E-state index is -0.0262. The number of hydrogen-bond donors (Lipinski definition) is 2. The van der Waals surface area contributed by atoms with Crippen LogP contribution in [-0.2, 0) is 4.79 Å². The molecule has 5 nitrogen and oxygen atoms in total. The molecule has 1 amide bonds. The molecule has 0 spiro atoms. The number of carbonyl (C=O) groups excluding carboxylic acids is 1. The van der Waals surface area contributed by atoms with Gasteiger partial charge in [-0.2, -0.15) is 0 Å². The first-order chi connectivity index (χ1) is 9.17. The number of thioether (sulfide) groups is 1. The Balaban J connectivity index is 1.95. The van der Waals surface area contributed by atoms with Crippen molar-refractivity contribution in [2.24, 2.45) is 0 Å². The number of amides is 1. The summed E-state index contributed by atoms with van der Waals surface area (Å²) in [5.41, 5.74) is 0.938. The van der Waals surface area contributed by atoms with Crippen LogP contribution in [0.25, 0.3) is 0 Å². The van der Waals surface area contributed by atoms with E-state index in [1.54, 1.807) is 7.05 Å². The standard InChI is InChI=1S/C11H11BrN4OS2/c1-13-9(17)6-18-11-16-15-10(19-11)14-8-4-2-3-7(12)5-8/h2-5H,6H2,1H3,(H,13,17)(H,14,15). The normalized spacial score (nSPS) is 10.2. The number of anilines is 2. The van der Waals surface area contributed by atoms with Crippen molar-refractivity contribution < 1.29 is 4.79 Å². The van der Waals surface area contributed by atoms with E-state index in [0.29, 0.717) is 10.9 Å². The number of halogens is 1. The third-order valence-corrected chi connectivity index (χ3v) is 4.55. The number of hydrogen-bond acceptors (Lipinski definition) is 6. The Morgan fingerprint density at radius 1 is 1.47 bits per heavy atom. The molecule has 0 aliphatic heterocycles. The Hall–Kier alpha value is -1.12. The van der Waals surface area contributed by atoms with Gasteiger partial charge in [-0.15, -0.1) is 10.2 Å². The number of rotatable bonds is 5. The lowest BCUT2D eigenvalue weighted by atomic mass is 10.3. The van der Waals surface area contributed by atoms with Crippen LogP contribution in [0.1, 0.15) is 0 Å². The summed E-state index contributed by atoms with van der Waals surface area (Å²) in [7, 11) is 1.61. The zero-order chi connectivity index (χ0) is 13.7. The van der Waals surface area contributed by atoms with Crippen LogP contribution in [0, 0.1) is 0 Å². The quantitative estimate of drug-likeness (QED) is 0.804. The van der Waals surface area contributed by atoms with Gasteiger partial charge in [0.25, 0.3) is 0 Å². The monoisotopic (exact) mass is 358 g/mol. The molecule has 1 aromatic carbocycles. The SMILES string of the molecule is CNC(=O)CSc1nnc(Nc2cccc(Br)c2)s1. The highest BCUT2D eigenvalue weighted by atomic mass is 79.9. The average molecular weight is 359 g/mol. The lowest BCUT2D eigenvalue weighted by Gasteiger charge is -2.01. The van der Waals surface area contributed by atoms with E-state index in [1.807, 2.05) is 24.3 Å². The molecule has 2 rings (SSSR count). The summed E-state index contributed by atoms with van der Waals surface area (Å²) in [6.07, 6.45) is 0. The Morgan fingerprint density at radius 2 is 2.32 bits per heavy atom. The van der Waals surface area contributed by atoms with E-state index in [4.69, 9.17) is 0 Å². The van der Waals surface area contributed by atoms with Gasteiger partial charge in [0.15, 0.2) is 4.34 Å². The molecule has 0 fully saturated rings. The van der Waals surface area contributed by atoms with Crippen molar-refractivity contribution in [3.05, 3.63) is 28.7 Å². The maximum Gasteiger partial charge on any atom is 0.230 e. The van der Waals surface area contributed by atoms with Crippen molar-refractivity contribution in [2.45, 2.75) is 4.34 Å². The van der Waals surface area contributed by atoms with Crippen LogP contribution in [0.2, 0.25) is 0 Å². The highest BCUT2D eigenvalue weighted by Crippen LogP contribution is 2.28. The zero-order valence-electron chi connectivity index (χ0n) is 10.0. The predicted molar refractivity (Wildman–Crippen MR) is 82.1 cm³/mol. The van der Waals surface area contributed by atoms with Gasteiger partial charge in [0.2, 0.25) is 11.0 Å². The van der Waals surface area contributed by atoms with E-state index in [-0.39, 0.29) is 5.91 Å². The van der Waals surface area contributed by atoms with Crippen molar-refractivity contribution in [1.82, 2.24) is 15.5 Å². The molecule has 0 saturated carbocycles. The van der Waals surface area contributed by atoms with Gasteiger partial charge in [-0.1, -0.05) is 45.1 Å². The number of nitrogens with zero attached hydrogens (tertiary/aromatic N) is 2. The van der Waals surface area contributed by atoms with Gasteiger partial charge in [0, 0.05) is 17.2 Å². The second-order valence-corrected chi connectivity index (χ2v) is 6.59.